The molecule has 0 saturated carbocycles. The summed E-state index contributed by atoms with van der Waals surface area (Å²) in [4.78, 5) is 8.87. The van der Waals surface area contributed by atoms with E-state index in [4.69, 9.17) is 10.7 Å². The van der Waals surface area contributed by atoms with Crippen molar-refractivity contribution >= 4 is 16.7 Å². The van der Waals surface area contributed by atoms with Crippen LogP contribution in [0.15, 0.2) is 36.7 Å². The quantitative estimate of drug-likeness (QED) is 0.762. The second-order valence-corrected chi connectivity index (χ2v) is 4.68. The molecule has 4 heteroatoms. The molecular weight excluding hydrogens is 236 g/mol. The summed E-state index contributed by atoms with van der Waals surface area (Å²) < 4.78 is 2.19. The van der Waals surface area contributed by atoms with Crippen molar-refractivity contribution < 1.29 is 0 Å². The van der Waals surface area contributed by atoms with E-state index >= 15 is 0 Å². The Labute approximate surface area is 111 Å². The molecule has 1 aromatic carbocycles. The molecule has 0 spiro atoms. The van der Waals surface area contributed by atoms with Crippen LogP contribution in [0.5, 0.6) is 0 Å². The molecule has 3 rings (SSSR count). The van der Waals surface area contributed by atoms with Crippen molar-refractivity contribution in [3.63, 3.8) is 0 Å². The third kappa shape index (κ3) is 1.95. The number of hydrogen-bond acceptors (Lipinski definition) is 3. The van der Waals surface area contributed by atoms with Gasteiger partial charge in [-0.15, -0.1) is 0 Å². The minimum Gasteiger partial charge on any atom is -0.397 e. The number of benzene rings is 1. The van der Waals surface area contributed by atoms with Gasteiger partial charge in [0.25, 0.3) is 0 Å². The molecule has 0 aliphatic rings. The Hall–Kier alpha value is -2.36. The Balaban J connectivity index is 2.28. The molecule has 4 nitrogen and oxygen atoms in total. The third-order valence-electron chi connectivity index (χ3n) is 3.24. The first-order valence-corrected chi connectivity index (χ1v) is 6.37. The van der Waals surface area contributed by atoms with E-state index in [0.717, 1.165) is 29.0 Å². The molecule has 0 atom stereocenters. The van der Waals surface area contributed by atoms with Crippen LogP contribution in [0.4, 0.5) is 5.69 Å². The molecule has 0 saturated heterocycles. The zero-order chi connectivity index (χ0) is 13.4. The lowest BCUT2D eigenvalue weighted by Crippen LogP contribution is -1.98. The van der Waals surface area contributed by atoms with Gasteiger partial charge in [-0.1, -0.05) is 6.07 Å². The summed E-state index contributed by atoms with van der Waals surface area (Å²) in [5.41, 5.74) is 10.8. The molecule has 0 radical (unpaired) electrons. The molecule has 0 bridgehead atoms. The van der Waals surface area contributed by atoms with Crippen LogP contribution >= 0.6 is 0 Å². The molecule has 0 amide bonds. The van der Waals surface area contributed by atoms with E-state index in [1.165, 1.54) is 5.56 Å². The number of pyridine rings is 1. The fourth-order valence-corrected chi connectivity index (χ4v) is 2.36. The second-order valence-electron chi connectivity index (χ2n) is 4.68. The highest BCUT2D eigenvalue weighted by molar-refractivity contribution is 5.81. The number of fused-ring (bicyclic) bond motifs is 1. The number of aromatic nitrogens is 3. The SMILES string of the molecule is CCn1c(-c2cncc(N)c2)nc2cc(C)ccc21. The van der Waals surface area contributed by atoms with Crippen LogP contribution in [-0.2, 0) is 6.54 Å². The van der Waals surface area contributed by atoms with E-state index in [0.29, 0.717) is 5.69 Å². The molecule has 2 N–H and O–H groups in total. The minimum atomic E-state index is 0.656. The van der Waals surface area contributed by atoms with Crippen LogP contribution in [0.3, 0.4) is 0 Å². The third-order valence-corrected chi connectivity index (χ3v) is 3.24. The molecule has 3 aromatic rings. The Kier molecular flexibility index (Phi) is 2.71. The maximum Gasteiger partial charge on any atom is 0.142 e. The molecule has 2 heterocycles. The molecule has 19 heavy (non-hydrogen) atoms. The first-order valence-electron chi connectivity index (χ1n) is 6.37. The zero-order valence-electron chi connectivity index (χ0n) is 11.1. The Morgan fingerprint density at radius 3 is 2.79 bits per heavy atom. The van der Waals surface area contributed by atoms with E-state index in [1.807, 2.05) is 6.07 Å². The van der Waals surface area contributed by atoms with Gasteiger partial charge in [0.05, 0.1) is 16.7 Å². The highest BCUT2D eigenvalue weighted by Crippen LogP contribution is 2.25. The van der Waals surface area contributed by atoms with Gasteiger partial charge in [0.2, 0.25) is 0 Å². The lowest BCUT2D eigenvalue weighted by Gasteiger charge is -2.06. The maximum atomic E-state index is 5.81. The van der Waals surface area contributed by atoms with Crippen LogP contribution in [0.1, 0.15) is 12.5 Å². The highest BCUT2D eigenvalue weighted by Gasteiger charge is 2.11. The first-order chi connectivity index (χ1) is 9.19. The maximum absolute atomic E-state index is 5.81. The Morgan fingerprint density at radius 2 is 2.05 bits per heavy atom. The van der Waals surface area contributed by atoms with Gasteiger partial charge in [-0.05, 0) is 37.6 Å². The van der Waals surface area contributed by atoms with Gasteiger partial charge in [0.1, 0.15) is 5.82 Å². The summed E-state index contributed by atoms with van der Waals surface area (Å²) >= 11 is 0. The first kappa shape index (κ1) is 11.7. The van der Waals surface area contributed by atoms with E-state index in [1.54, 1.807) is 12.4 Å². The van der Waals surface area contributed by atoms with E-state index in [-0.39, 0.29) is 0 Å². The van der Waals surface area contributed by atoms with Crippen LogP contribution in [0.2, 0.25) is 0 Å². The van der Waals surface area contributed by atoms with E-state index in [2.05, 4.69) is 41.6 Å². The fraction of sp³-hybridized carbons (Fsp3) is 0.200. The highest BCUT2D eigenvalue weighted by atomic mass is 15.1. The molecule has 0 fully saturated rings. The van der Waals surface area contributed by atoms with Crippen molar-refractivity contribution in [2.24, 2.45) is 0 Å². The lowest BCUT2D eigenvalue weighted by atomic mass is 10.2. The predicted octanol–water partition coefficient (Wildman–Crippen LogP) is 3.01. The molecule has 0 aliphatic heterocycles. The van der Waals surface area contributed by atoms with Crippen molar-refractivity contribution in [3.8, 4) is 11.4 Å². The molecular formula is C15H16N4. The van der Waals surface area contributed by atoms with Gasteiger partial charge in [-0.2, -0.15) is 0 Å². The van der Waals surface area contributed by atoms with Gasteiger partial charge in [0, 0.05) is 24.5 Å². The number of nitrogens with zero attached hydrogens (tertiary/aromatic N) is 3. The summed E-state index contributed by atoms with van der Waals surface area (Å²) in [6.45, 7) is 5.06. The largest absolute Gasteiger partial charge is 0.397 e. The number of rotatable bonds is 2. The monoisotopic (exact) mass is 252 g/mol. The van der Waals surface area contributed by atoms with Crippen molar-refractivity contribution in [1.82, 2.24) is 14.5 Å². The standard InChI is InChI=1S/C15H16N4/c1-3-19-14-5-4-10(2)6-13(14)18-15(19)11-7-12(16)9-17-8-11/h4-9H,3,16H2,1-2H3. The molecule has 96 valence electrons. The number of nitrogen functional groups attached to an aromatic ring is 1. The van der Waals surface area contributed by atoms with Crippen LogP contribution in [0, 0.1) is 6.92 Å². The van der Waals surface area contributed by atoms with Gasteiger partial charge in [0.15, 0.2) is 0 Å². The number of hydrogen-bond donors (Lipinski definition) is 1. The topological polar surface area (TPSA) is 56.7 Å². The zero-order valence-corrected chi connectivity index (χ0v) is 11.1. The molecule has 0 aliphatic carbocycles. The smallest absolute Gasteiger partial charge is 0.142 e. The average Bonchev–Trinajstić information content (AvgIpc) is 2.76. The van der Waals surface area contributed by atoms with Gasteiger partial charge < -0.3 is 10.3 Å². The lowest BCUT2D eigenvalue weighted by molar-refractivity contribution is 0.796. The fourth-order valence-electron chi connectivity index (χ4n) is 2.36. The second kappa shape index (κ2) is 4.39. The van der Waals surface area contributed by atoms with Gasteiger partial charge in [-0.3, -0.25) is 4.98 Å². The van der Waals surface area contributed by atoms with Crippen molar-refractivity contribution in [1.29, 1.82) is 0 Å². The average molecular weight is 252 g/mol. The predicted molar refractivity (Wildman–Crippen MR) is 77.8 cm³/mol. The van der Waals surface area contributed by atoms with Gasteiger partial charge in [-0.25, -0.2) is 4.98 Å². The van der Waals surface area contributed by atoms with Crippen LogP contribution in [-0.4, -0.2) is 14.5 Å². The molecule has 0 unspecified atom stereocenters. The number of aryl methyl sites for hydroxylation is 2. The van der Waals surface area contributed by atoms with Crippen molar-refractivity contribution in [2.75, 3.05) is 5.73 Å². The Morgan fingerprint density at radius 1 is 1.21 bits per heavy atom. The summed E-state index contributed by atoms with van der Waals surface area (Å²) in [7, 11) is 0. The number of imidazole rings is 1. The number of anilines is 1. The van der Waals surface area contributed by atoms with E-state index in [9.17, 15) is 0 Å². The van der Waals surface area contributed by atoms with Gasteiger partial charge >= 0.3 is 0 Å². The normalized spacial score (nSPS) is 11.1. The van der Waals surface area contributed by atoms with Crippen LogP contribution < -0.4 is 5.73 Å². The summed E-state index contributed by atoms with van der Waals surface area (Å²) in [5.74, 6) is 0.919. The summed E-state index contributed by atoms with van der Waals surface area (Å²) in [6, 6.07) is 8.24. The van der Waals surface area contributed by atoms with E-state index < -0.39 is 0 Å². The summed E-state index contributed by atoms with van der Waals surface area (Å²) in [6.07, 6.45) is 3.45. The summed E-state index contributed by atoms with van der Waals surface area (Å²) in [5, 5.41) is 0. The Bertz CT molecular complexity index is 743. The van der Waals surface area contributed by atoms with Crippen molar-refractivity contribution in [3.05, 3.63) is 42.2 Å². The van der Waals surface area contributed by atoms with Crippen LogP contribution in [0.25, 0.3) is 22.4 Å². The van der Waals surface area contributed by atoms with Crippen molar-refractivity contribution in [2.45, 2.75) is 20.4 Å². The minimum absolute atomic E-state index is 0.656. The number of nitrogens with two attached hydrogens (primary N) is 1. The molecule has 2 aromatic heterocycles.